The third kappa shape index (κ3) is 8.39. The fourth-order valence-electron chi connectivity index (χ4n) is 6.33. The van der Waals surface area contributed by atoms with E-state index < -0.39 is 41.4 Å². The molecule has 1 aliphatic heterocycles. The molecule has 1 aromatic heterocycles. The Hall–Kier alpha value is -3.34. The first-order valence-corrected chi connectivity index (χ1v) is 16.7. The van der Waals surface area contributed by atoms with E-state index >= 15 is 0 Å². The number of amides is 2. The number of benzene rings is 2. The summed E-state index contributed by atoms with van der Waals surface area (Å²) in [5.74, 6) is -0.790. The zero-order valence-electron chi connectivity index (χ0n) is 28.6. The largest absolute Gasteiger partial charge is 0.462 e. The molecule has 3 atom stereocenters. The van der Waals surface area contributed by atoms with Gasteiger partial charge < -0.3 is 24.8 Å². The van der Waals surface area contributed by atoms with Gasteiger partial charge in [0.15, 0.2) is 5.15 Å². The number of esters is 1. The van der Waals surface area contributed by atoms with Gasteiger partial charge in [-0.25, -0.2) is 9.59 Å². The average molecular weight is 690 g/mol. The molecule has 12 heteroatoms. The van der Waals surface area contributed by atoms with Crippen LogP contribution in [0, 0.1) is 5.92 Å². The monoisotopic (exact) mass is 688 g/mol. The second-order valence-corrected chi connectivity index (χ2v) is 15.0. The summed E-state index contributed by atoms with van der Waals surface area (Å²) in [6.45, 7) is 14.3. The summed E-state index contributed by atoms with van der Waals surface area (Å²) < 4.78 is 12.9. The van der Waals surface area contributed by atoms with E-state index in [2.05, 4.69) is 10.4 Å². The standard InChI is InChI=1S/C35H46Cl2N4O6/c1-19(2)15-27(38-33(44)47-34(4,5)6)32(43)46-18-21-16-23-22(11-10-12-25(23)35(7,8)45)20(3)41(21)29(42)17-24-26(36)13-14-28-30(24)31(37)39-40(28)9/h10-14,19-21,27,45H,15-18H2,1-9H3,(H,38,44)/t20-,21+,27-/m0/s1. The normalized spacial score (nSPS) is 17.4. The van der Waals surface area contributed by atoms with Crippen molar-refractivity contribution < 1.29 is 29.0 Å². The molecule has 256 valence electrons. The van der Waals surface area contributed by atoms with Crippen molar-refractivity contribution in [2.45, 2.75) is 104 Å². The maximum absolute atomic E-state index is 14.3. The second kappa shape index (κ2) is 14.0. The topological polar surface area (TPSA) is 123 Å². The van der Waals surface area contributed by atoms with E-state index in [0.29, 0.717) is 28.8 Å². The Morgan fingerprint density at radius 1 is 1.11 bits per heavy atom. The Kier molecular flexibility index (Phi) is 10.9. The minimum Gasteiger partial charge on any atom is -0.462 e. The summed E-state index contributed by atoms with van der Waals surface area (Å²) in [6, 6.07) is 7.28. The molecule has 2 aromatic carbocycles. The molecule has 10 nitrogen and oxygen atoms in total. The summed E-state index contributed by atoms with van der Waals surface area (Å²) in [6.07, 6.45) is -0.111. The molecule has 0 radical (unpaired) electrons. The molecule has 0 aliphatic carbocycles. The maximum Gasteiger partial charge on any atom is 0.408 e. The molecule has 2 N–H and O–H groups in total. The summed E-state index contributed by atoms with van der Waals surface area (Å²) in [5, 5.41) is 19.2. The molecule has 2 heterocycles. The lowest BCUT2D eigenvalue weighted by Gasteiger charge is -2.43. The van der Waals surface area contributed by atoms with Crippen molar-refractivity contribution in [1.82, 2.24) is 20.0 Å². The fraction of sp³-hybridized carbons (Fsp3) is 0.543. The number of ether oxygens (including phenoxy) is 2. The molecule has 4 rings (SSSR count). The van der Waals surface area contributed by atoms with Crippen molar-refractivity contribution >= 4 is 52.1 Å². The number of rotatable bonds is 9. The Balaban J connectivity index is 1.68. The SMILES string of the molecule is CC(C)C[C@H](NC(=O)OC(C)(C)C)C(=O)OC[C@H]1Cc2c(cccc2C(C)(C)O)[C@H](C)N1C(=O)Cc1c(Cl)ccc2c1c(Cl)nn2C. The number of nitrogens with one attached hydrogen (secondary N) is 1. The van der Waals surface area contributed by atoms with Gasteiger partial charge in [0, 0.05) is 17.5 Å². The lowest BCUT2D eigenvalue weighted by molar-refractivity contribution is -0.152. The molecule has 0 bridgehead atoms. The molecular weight excluding hydrogens is 643 g/mol. The number of hydrogen-bond donors (Lipinski definition) is 2. The number of aromatic nitrogens is 2. The van der Waals surface area contributed by atoms with Gasteiger partial charge >= 0.3 is 12.1 Å². The van der Waals surface area contributed by atoms with Gasteiger partial charge in [-0.2, -0.15) is 5.10 Å². The van der Waals surface area contributed by atoms with Crippen LogP contribution in [0.25, 0.3) is 10.9 Å². The molecular formula is C35H46Cl2N4O6. The minimum absolute atomic E-state index is 0.0624. The molecule has 47 heavy (non-hydrogen) atoms. The van der Waals surface area contributed by atoms with Crippen LogP contribution in [0.1, 0.15) is 90.1 Å². The van der Waals surface area contributed by atoms with Crippen LogP contribution in [0.3, 0.4) is 0 Å². The zero-order valence-corrected chi connectivity index (χ0v) is 30.1. The van der Waals surface area contributed by atoms with Gasteiger partial charge in [-0.3, -0.25) is 9.48 Å². The van der Waals surface area contributed by atoms with Gasteiger partial charge in [0.2, 0.25) is 5.91 Å². The lowest BCUT2D eigenvalue weighted by atomic mass is 9.81. The zero-order chi connectivity index (χ0) is 35.0. The molecule has 3 aromatic rings. The van der Waals surface area contributed by atoms with Crippen molar-refractivity contribution in [3.8, 4) is 0 Å². The lowest BCUT2D eigenvalue weighted by Crippen LogP contribution is -2.51. The highest BCUT2D eigenvalue weighted by molar-refractivity contribution is 6.37. The van der Waals surface area contributed by atoms with Crippen LogP contribution in [0.5, 0.6) is 0 Å². The van der Waals surface area contributed by atoms with Crippen molar-refractivity contribution in [3.63, 3.8) is 0 Å². The van der Waals surface area contributed by atoms with Crippen LogP contribution < -0.4 is 5.32 Å². The number of hydrogen-bond acceptors (Lipinski definition) is 7. The maximum atomic E-state index is 14.3. The first-order valence-electron chi connectivity index (χ1n) is 15.9. The van der Waals surface area contributed by atoms with E-state index in [1.54, 1.807) is 57.3 Å². The number of carbonyl (C=O) groups is 3. The highest BCUT2D eigenvalue weighted by Crippen LogP contribution is 2.39. The molecule has 0 saturated carbocycles. The molecule has 0 spiro atoms. The fourth-order valence-corrected chi connectivity index (χ4v) is 6.88. The van der Waals surface area contributed by atoms with E-state index in [4.69, 9.17) is 32.7 Å². The van der Waals surface area contributed by atoms with Crippen LogP contribution in [0.2, 0.25) is 10.2 Å². The Morgan fingerprint density at radius 2 is 1.79 bits per heavy atom. The van der Waals surface area contributed by atoms with Crippen molar-refractivity contribution in [2.24, 2.45) is 13.0 Å². The Bertz CT molecular complexity index is 1660. The highest BCUT2D eigenvalue weighted by Gasteiger charge is 2.39. The number of aliphatic hydroxyl groups is 1. The third-order valence-corrected chi connectivity index (χ3v) is 8.93. The van der Waals surface area contributed by atoms with Gasteiger partial charge in [0.05, 0.1) is 29.6 Å². The van der Waals surface area contributed by atoms with Gasteiger partial charge in [0.25, 0.3) is 0 Å². The second-order valence-electron chi connectivity index (χ2n) is 14.2. The van der Waals surface area contributed by atoms with Crippen molar-refractivity contribution in [1.29, 1.82) is 0 Å². The van der Waals surface area contributed by atoms with Crippen LogP contribution in [-0.4, -0.2) is 62.0 Å². The van der Waals surface area contributed by atoms with Gasteiger partial charge in [-0.05, 0) is 94.7 Å². The summed E-state index contributed by atoms with van der Waals surface area (Å²) in [5.41, 5.74) is 1.96. The minimum atomic E-state index is -1.14. The predicted octanol–water partition coefficient (Wildman–Crippen LogP) is 6.65. The number of carbonyl (C=O) groups excluding carboxylic acids is 3. The summed E-state index contributed by atoms with van der Waals surface area (Å²) in [7, 11) is 1.77. The average Bonchev–Trinajstić information content (AvgIpc) is 3.23. The predicted molar refractivity (Wildman–Crippen MR) is 182 cm³/mol. The number of fused-ring (bicyclic) bond motifs is 2. The van der Waals surface area contributed by atoms with Crippen LogP contribution in [0.4, 0.5) is 4.79 Å². The van der Waals surface area contributed by atoms with Crippen LogP contribution in [0.15, 0.2) is 30.3 Å². The molecule has 1 aliphatic rings. The van der Waals surface area contributed by atoms with E-state index in [1.165, 1.54) is 0 Å². The van der Waals surface area contributed by atoms with E-state index in [9.17, 15) is 19.5 Å². The quantitative estimate of drug-likeness (QED) is 0.241. The first-order chi connectivity index (χ1) is 21.8. The number of nitrogens with zero attached hydrogens (tertiary/aromatic N) is 3. The Labute approximate surface area is 286 Å². The molecule has 2 amide bonds. The molecule has 0 unspecified atom stereocenters. The molecule has 0 saturated heterocycles. The van der Waals surface area contributed by atoms with E-state index in [0.717, 1.165) is 22.2 Å². The molecule has 0 fully saturated rings. The Morgan fingerprint density at radius 3 is 2.40 bits per heavy atom. The van der Waals surface area contributed by atoms with Gasteiger partial charge in [0.1, 0.15) is 18.2 Å². The first kappa shape index (κ1) is 36.5. The number of halogens is 2. The summed E-state index contributed by atoms with van der Waals surface area (Å²) in [4.78, 5) is 42.1. The van der Waals surface area contributed by atoms with E-state index in [1.807, 2.05) is 45.0 Å². The highest BCUT2D eigenvalue weighted by atomic mass is 35.5. The van der Waals surface area contributed by atoms with Crippen molar-refractivity contribution in [3.05, 3.63) is 62.8 Å². The van der Waals surface area contributed by atoms with Crippen LogP contribution in [-0.2, 0) is 44.6 Å². The number of aryl methyl sites for hydroxylation is 1. The van der Waals surface area contributed by atoms with Gasteiger partial charge in [-0.1, -0.05) is 55.2 Å². The summed E-state index contributed by atoms with van der Waals surface area (Å²) >= 11 is 13.1. The van der Waals surface area contributed by atoms with Crippen LogP contribution >= 0.6 is 23.2 Å². The number of alkyl carbamates (subject to hydrolysis) is 1. The third-order valence-electron chi connectivity index (χ3n) is 8.31. The smallest absolute Gasteiger partial charge is 0.408 e. The van der Waals surface area contributed by atoms with Crippen molar-refractivity contribution in [2.75, 3.05) is 6.61 Å². The van der Waals surface area contributed by atoms with E-state index in [-0.39, 0.29) is 30.0 Å². The van der Waals surface area contributed by atoms with Gasteiger partial charge in [-0.15, -0.1) is 0 Å².